The van der Waals surface area contributed by atoms with E-state index in [9.17, 15) is 8.42 Å². The van der Waals surface area contributed by atoms with Gasteiger partial charge in [0.05, 0.1) is 12.3 Å². The van der Waals surface area contributed by atoms with E-state index < -0.39 is 9.84 Å². The second-order valence-electron chi connectivity index (χ2n) is 3.42. The Morgan fingerprint density at radius 2 is 2.21 bits per heavy atom. The SMILES string of the molecule is CCS(=O)(=O)CCN=C(N)NC1CC1. The number of hydrogen-bond acceptors (Lipinski definition) is 3. The maximum atomic E-state index is 11.1. The first-order valence-corrected chi connectivity index (χ1v) is 6.62. The normalized spacial score (nSPS) is 18.2. The van der Waals surface area contributed by atoms with Crippen LogP contribution in [0.1, 0.15) is 19.8 Å². The summed E-state index contributed by atoms with van der Waals surface area (Å²) in [4.78, 5) is 3.94. The summed E-state index contributed by atoms with van der Waals surface area (Å²) in [6, 6.07) is 0.460. The molecule has 0 spiro atoms. The highest BCUT2D eigenvalue weighted by Gasteiger charge is 2.21. The van der Waals surface area contributed by atoms with Crippen molar-refractivity contribution >= 4 is 15.8 Å². The summed E-state index contributed by atoms with van der Waals surface area (Å²) < 4.78 is 22.2. The lowest BCUT2D eigenvalue weighted by Crippen LogP contribution is -2.33. The Bertz CT molecular complexity index is 307. The van der Waals surface area contributed by atoms with Gasteiger partial charge in [-0.05, 0) is 12.8 Å². The van der Waals surface area contributed by atoms with Crippen molar-refractivity contribution in [1.29, 1.82) is 0 Å². The van der Waals surface area contributed by atoms with Gasteiger partial charge in [0.1, 0.15) is 0 Å². The first kappa shape index (κ1) is 11.3. The molecule has 0 atom stereocenters. The minimum Gasteiger partial charge on any atom is -0.370 e. The predicted molar refractivity (Wildman–Crippen MR) is 57.0 cm³/mol. The number of sulfone groups is 1. The fraction of sp³-hybridized carbons (Fsp3) is 0.875. The fourth-order valence-electron chi connectivity index (χ4n) is 0.932. The third-order valence-corrected chi connectivity index (χ3v) is 3.74. The molecule has 0 aromatic heterocycles. The minimum atomic E-state index is -2.92. The van der Waals surface area contributed by atoms with E-state index in [1.165, 1.54) is 0 Å². The van der Waals surface area contributed by atoms with Crippen molar-refractivity contribution in [2.24, 2.45) is 10.7 Å². The fourth-order valence-corrected chi connectivity index (χ4v) is 1.59. The van der Waals surface area contributed by atoms with Crippen molar-refractivity contribution in [3.63, 3.8) is 0 Å². The summed E-state index contributed by atoms with van der Waals surface area (Å²) in [5, 5.41) is 2.99. The van der Waals surface area contributed by atoms with Crippen LogP contribution in [0.2, 0.25) is 0 Å². The maximum absolute atomic E-state index is 11.1. The molecular formula is C8H17N3O2S. The van der Waals surface area contributed by atoms with Crippen molar-refractivity contribution in [2.75, 3.05) is 18.1 Å². The summed E-state index contributed by atoms with van der Waals surface area (Å²) in [5.74, 6) is 0.605. The van der Waals surface area contributed by atoms with Crippen molar-refractivity contribution in [1.82, 2.24) is 5.32 Å². The average Bonchev–Trinajstić information content (AvgIpc) is 2.88. The van der Waals surface area contributed by atoms with E-state index in [1.54, 1.807) is 6.92 Å². The number of nitrogens with two attached hydrogens (primary N) is 1. The molecule has 82 valence electrons. The Morgan fingerprint density at radius 1 is 1.57 bits per heavy atom. The number of guanidine groups is 1. The number of nitrogens with zero attached hydrogens (tertiary/aromatic N) is 1. The maximum Gasteiger partial charge on any atom is 0.188 e. The van der Waals surface area contributed by atoms with Crippen LogP contribution in [0.15, 0.2) is 4.99 Å². The quantitative estimate of drug-likeness (QED) is 0.481. The largest absolute Gasteiger partial charge is 0.370 e. The minimum absolute atomic E-state index is 0.0799. The van der Waals surface area contributed by atoms with Crippen molar-refractivity contribution < 1.29 is 8.42 Å². The number of hydrogen-bond donors (Lipinski definition) is 2. The van der Waals surface area contributed by atoms with E-state index in [1.807, 2.05) is 0 Å². The van der Waals surface area contributed by atoms with Crippen molar-refractivity contribution in [3.05, 3.63) is 0 Å². The van der Waals surface area contributed by atoms with Crippen LogP contribution in [0.25, 0.3) is 0 Å². The van der Waals surface area contributed by atoms with Gasteiger partial charge in [-0.1, -0.05) is 6.92 Å². The van der Waals surface area contributed by atoms with Crippen molar-refractivity contribution in [3.8, 4) is 0 Å². The molecule has 1 aliphatic rings. The molecule has 0 unspecified atom stereocenters. The van der Waals surface area contributed by atoms with Crippen LogP contribution in [-0.4, -0.2) is 38.5 Å². The standard InChI is InChI=1S/C8H17N3O2S/c1-2-14(12,13)6-5-10-8(9)11-7-3-4-7/h7H,2-6H2,1H3,(H3,9,10,11). The van der Waals surface area contributed by atoms with Gasteiger partial charge in [0.2, 0.25) is 0 Å². The van der Waals surface area contributed by atoms with Crippen LogP contribution in [0.4, 0.5) is 0 Å². The highest BCUT2D eigenvalue weighted by molar-refractivity contribution is 7.91. The first-order valence-electron chi connectivity index (χ1n) is 4.80. The van der Waals surface area contributed by atoms with Gasteiger partial charge in [0, 0.05) is 11.8 Å². The molecule has 1 rings (SSSR count). The Hall–Kier alpha value is -0.780. The van der Waals surface area contributed by atoms with Crippen LogP contribution >= 0.6 is 0 Å². The first-order chi connectivity index (χ1) is 6.53. The monoisotopic (exact) mass is 219 g/mol. The molecule has 6 heteroatoms. The molecule has 3 N–H and O–H groups in total. The molecule has 0 saturated heterocycles. The van der Waals surface area contributed by atoms with Crippen LogP contribution in [0.3, 0.4) is 0 Å². The Labute approximate surface area is 84.7 Å². The Balaban J connectivity index is 2.24. The lowest BCUT2D eigenvalue weighted by Gasteiger charge is -2.02. The van der Waals surface area contributed by atoms with Gasteiger partial charge in [-0.3, -0.25) is 4.99 Å². The molecule has 0 bridgehead atoms. The van der Waals surface area contributed by atoms with Gasteiger partial charge in [-0.2, -0.15) is 0 Å². The van der Waals surface area contributed by atoms with Gasteiger partial charge in [0.15, 0.2) is 15.8 Å². The van der Waals surface area contributed by atoms with E-state index >= 15 is 0 Å². The van der Waals surface area contributed by atoms with Gasteiger partial charge in [-0.15, -0.1) is 0 Å². The third-order valence-electron chi connectivity index (χ3n) is 2.05. The van der Waals surface area contributed by atoms with Gasteiger partial charge >= 0.3 is 0 Å². The second-order valence-corrected chi connectivity index (χ2v) is 5.89. The van der Waals surface area contributed by atoms with E-state index in [0.29, 0.717) is 12.0 Å². The molecule has 1 fully saturated rings. The number of nitrogens with one attached hydrogen (secondary N) is 1. The van der Waals surface area contributed by atoms with Crippen LogP contribution in [0, 0.1) is 0 Å². The molecule has 0 aliphatic heterocycles. The lowest BCUT2D eigenvalue weighted by molar-refractivity contribution is 0.597. The van der Waals surface area contributed by atoms with Crippen LogP contribution < -0.4 is 11.1 Å². The summed E-state index contributed by atoms with van der Waals surface area (Å²) >= 11 is 0. The van der Waals surface area contributed by atoms with Gasteiger partial charge < -0.3 is 11.1 Å². The molecule has 0 radical (unpaired) electrons. The molecule has 0 amide bonds. The molecule has 0 heterocycles. The molecule has 14 heavy (non-hydrogen) atoms. The molecule has 1 aliphatic carbocycles. The molecular weight excluding hydrogens is 202 g/mol. The summed E-state index contributed by atoms with van der Waals surface area (Å²) in [5.41, 5.74) is 5.53. The molecule has 0 aromatic carbocycles. The van der Waals surface area contributed by atoms with Crippen molar-refractivity contribution in [2.45, 2.75) is 25.8 Å². The summed E-state index contributed by atoms with van der Waals surface area (Å²) in [6.45, 7) is 1.88. The lowest BCUT2D eigenvalue weighted by atomic mass is 10.7. The highest BCUT2D eigenvalue weighted by atomic mass is 32.2. The van der Waals surface area contributed by atoms with E-state index in [0.717, 1.165) is 12.8 Å². The zero-order chi connectivity index (χ0) is 10.6. The topological polar surface area (TPSA) is 84.5 Å². The Kier molecular flexibility index (Phi) is 3.74. The average molecular weight is 219 g/mol. The third kappa shape index (κ3) is 4.45. The van der Waals surface area contributed by atoms with E-state index in [4.69, 9.17) is 5.73 Å². The number of rotatable bonds is 5. The summed E-state index contributed by atoms with van der Waals surface area (Å²) in [7, 11) is -2.92. The molecule has 5 nitrogen and oxygen atoms in total. The second kappa shape index (κ2) is 4.63. The van der Waals surface area contributed by atoms with E-state index in [2.05, 4.69) is 10.3 Å². The molecule has 0 aromatic rings. The zero-order valence-electron chi connectivity index (χ0n) is 8.36. The Morgan fingerprint density at radius 3 is 2.71 bits per heavy atom. The predicted octanol–water partition coefficient (Wildman–Crippen LogP) is -0.512. The smallest absolute Gasteiger partial charge is 0.188 e. The zero-order valence-corrected chi connectivity index (χ0v) is 9.18. The van der Waals surface area contributed by atoms with Gasteiger partial charge in [-0.25, -0.2) is 8.42 Å². The van der Waals surface area contributed by atoms with Crippen LogP contribution in [0.5, 0.6) is 0 Å². The van der Waals surface area contributed by atoms with Crippen LogP contribution in [-0.2, 0) is 9.84 Å². The highest BCUT2D eigenvalue weighted by Crippen LogP contribution is 2.17. The molecule has 1 saturated carbocycles. The van der Waals surface area contributed by atoms with E-state index in [-0.39, 0.29) is 18.1 Å². The van der Waals surface area contributed by atoms with Gasteiger partial charge in [0.25, 0.3) is 0 Å². The summed E-state index contributed by atoms with van der Waals surface area (Å²) in [6.07, 6.45) is 2.26. The number of aliphatic imine (C=N–C) groups is 1.